The van der Waals surface area contributed by atoms with Gasteiger partial charge in [-0.1, -0.05) is 46.3 Å². The monoisotopic (exact) mass is 353 g/mol. The average Bonchev–Trinajstić information content (AvgIpc) is 2.91. The predicted octanol–water partition coefficient (Wildman–Crippen LogP) is 3.88. The average molecular weight is 354 g/mol. The molecule has 2 heterocycles. The maximum Gasteiger partial charge on any atom is 0.245 e. The molecule has 6 heteroatoms. The molecule has 2 aromatic heterocycles. The summed E-state index contributed by atoms with van der Waals surface area (Å²) in [5.41, 5.74) is 3.69. The normalized spacial score (nSPS) is 11.1. The van der Waals surface area contributed by atoms with Crippen LogP contribution in [-0.4, -0.2) is 20.2 Å². The SMILES string of the molecule is Brc1ccc2[nH]c3nc(NCc4ccccc4)nnc3c2c1. The van der Waals surface area contributed by atoms with Crippen LogP contribution in [0.3, 0.4) is 0 Å². The third-order valence-corrected chi connectivity index (χ3v) is 3.96. The second kappa shape index (κ2) is 5.38. The fourth-order valence-electron chi connectivity index (χ4n) is 2.40. The van der Waals surface area contributed by atoms with Crippen LogP contribution in [0.15, 0.2) is 53.0 Å². The van der Waals surface area contributed by atoms with Crippen molar-refractivity contribution in [3.8, 4) is 0 Å². The predicted molar refractivity (Wildman–Crippen MR) is 90.7 cm³/mol. The van der Waals surface area contributed by atoms with Crippen LogP contribution in [0.5, 0.6) is 0 Å². The molecule has 4 rings (SSSR count). The molecular weight excluding hydrogens is 342 g/mol. The Kier molecular flexibility index (Phi) is 3.23. The third kappa shape index (κ3) is 2.42. The second-order valence-corrected chi connectivity index (χ2v) is 5.90. The van der Waals surface area contributed by atoms with Gasteiger partial charge in [-0.25, -0.2) is 0 Å². The number of rotatable bonds is 3. The van der Waals surface area contributed by atoms with Crippen molar-refractivity contribution in [1.29, 1.82) is 0 Å². The molecular formula is C16H12BrN5. The van der Waals surface area contributed by atoms with Crippen LogP contribution < -0.4 is 5.32 Å². The van der Waals surface area contributed by atoms with Crippen LogP contribution in [0.4, 0.5) is 5.95 Å². The highest BCUT2D eigenvalue weighted by Gasteiger charge is 2.09. The minimum Gasteiger partial charge on any atom is -0.349 e. The molecule has 0 aliphatic heterocycles. The van der Waals surface area contributed by atoms with E-state index < -0.39 is 0 Å². The first-order valence-electron chi connectivity index (χ1n) is 6.89. The molecule has 0 unspecified atom stereocenters. The molecule has 0 amide bonds. The van der Waals surface area contributed by atoms with Gasteiger partial charge in [-0.2, -0.15) is 4.98 Å². The summed E-state index contributed by atoms with van der Waals surface area (Å²) in [6.07, 6.45) is 0. The van der Waals surface area contributed by atoms with Crippen LogP contribution in [0.1, 0.15) is 5.56 Å². The first-order valence-corrected chi connectivity index (χ1v) is 7.68. The zero-order valence-corrected chi connectivity index (χ0v) is 13.1. The number of fused-ring (bicyclic) bond motifs is 3. The standard InChI is InChI=1S/C16H12BrN5/c17-11-6-7-13-12(8-11)14-15(19-13)20-16(22-21-14)18-9-10-4-2-1-3-5-10/h1-8H,9H2,(H2,18,19,20,22). The molecule has 2 aromatic carbocycles. The number of anilines is 1. The maximum absolute atomic E-state index is 4.50. The summed E-state index contributed by atoms with van der Waals surface area (Å²) in [7, 11) is 0. The summed E-state index contributed by atoms with van der Waals surface area (Å²) < 4.78 is 1.01. The molecule has 4 aromatic rings. The van der Waals surface area contributed by atoms with E-state index in [1.54, 1.807) is 0 Å². The van der Waals surface area contributed by atoms with Crippen LogP contribution in [0.2, 0.25) is 0 Å². The lowest BCUT2D eigenvalue weighted by Crippen LogP contribution is -2.04. The van der Waals surface area contributed by atoms with E-state index in [0.717, 1.165) is 26.5 Å². The zero-order chi connectivity index (χ0) is 14.9. The number of hydrogen-bond acceptors (Lipinski definition) is 4. The number of nitrogens with zero attached hydrogens (tertiary/aromatic N) is 3. The second-order valence-electron chi connectivity index (χ2n) is 4.99. The van der Waals surface area contributed by atoms with Gasteiger partial charge in [-0.05, 0) is 23.8 Å². The van der Waals surface area contributed by atoms with Gasteiger partial charge in [0.05, 0.1) is 0 Å². The van der Waals surface area contributed by atoms with Gasteiger partial charge < -0.3 is 10.3 Å². The van der Waals surface area contributed by atoms with E-state index >= 15 is 0 Å². The van der Waals surface area contributed by atoms with Gasteiger partial charge in [0.1, 0.15) is 5.52 Å². The molecule has 0 aliphatic rings. The number of H-pyrrole nitrogens is 1. The van der Waals surface area contributed by atoms with Crippen molar-refractivity contribution in [2.75, 3.05) is 5.32 Å². The van der Waals surface area contributed by atoms with E-state index in [-0.39, 0.29) is 0 Å². The first-order chi connectivity index (χ1) is 10.8. The molecule has 108 valence electrons. The summed E-state index contributed by atoms with van der Waals surface area (Å²) in [6.45, 7) is 0.666. The van der Waals surface area contributed by atoms with Crippen molar-refractivity contribution in [2.45, 2.75) is 6.54 Å². The lowest BCUT2D eigenvalue weighted by atomic mass is 10.2. The highest BCUT2D eigenvalue weighted by Crippen LogP contribution is 2.25. The fourth-order valence-corrected chi connectivity index (χ4v) is 2.76. The topological polar surface area (TPSA) is 66.5 Å². The van der Waals surface area contributed by atoms with E-state index in [2.05, 4.69) is 53.5 Å². The Bertz CT molecular complexity index is 949. The quantitative estimate of drug-likeness (QED) is 0.586. The van der Waals surface area contributed by atoms with Gasteiger partial charge in [-0.3, -0.25) is 0 Å². The van der Waals surface area contributed by atoms with Gasteiger partial charge in [0, 0.05) is 21.9 Å². The van der Waals surface area contributed by atoms with E-state index in [1.807, 2.05) is 36.4 Å². The first kappa shape index (κ1) is 13.2. The molecule has 0 spiro atoms. The third-order valence-electron chi connectivity index (χ3n) is 3.47. The highest BCUT2D eigenvalue weighted by atomic mass is 79.9. The molecule has 0 fully saturated rings. The van der Waals surface area contributed by atoms with Crippen LogP contribution in [0, 0.1) is 0 Å². The number of aromatic amines is 1. The smallest absolute Gasteiger partial charge is 0.245 e. The summed E-state index contributed by atoms with van der Waals surface area (Å²) >= 11 is 3.47. The molecule has 5 nitrogen and oxygen atoms in total. The van der Waals surface area contributed by atoms with Crippen molar-refractivity contribution >= 4 is 43.9 Å². The van der Waals surface area contributed by atoms with Crippen molar-refractivity contribution in [1.82, 2.24) is 20.2 Å². The van der Waals surface area contributed by atoms with Crippen molar-refractivity contribution in [3.05, 3.63) is 58.6 Å². The molecule has 0 aliphatic carbocycles. The van der Waals surface area contributed by atoms with E-state index in [1.165, 1.54) is 5.56 Å². The van der Waals surface area contributed by atoms with Gasteiger partial charge in [0.15, 0.2) is 5.65 Å². The Morgan fingerprint density at radius 1 is 1.05 bits per heavy atom. The Balaban J connectivity index is 1.67. The summed E-state index contributed by atoms with van der Waals surface area (Å²) in [6, 6.07) is 16.1. The van der Waals surface area contributed by atoms with Crippen LogP contribution in [-0.2, 0) is 6.54 Å². The number of benzene rings is 2. The van der Waals surface area contributed by atoms with Crippen LogP contribution in [0.25, 0.3) is 22.1 Å². The molecule has 0 atom stereocenters. The molecule has 0 saturated heterocycles. The zero-order valence-electron chi connectivity index (χ0n) is 11.5. The maximum atomic E-state index is 4.50. The van der Waals surface area contributed by atoms with Crippen molar-refractivity contribution < 1.29 is 0 Å². The van der Waals surface area contributed by atoms with Gasteiger partial charge in [-0.15, -0.1) is 10.2 Å². The Labute approximate surface area is 134 Å². The van der Waals surface area contributed by atoms with E-state index in [0.29, 0.717) is 12.5 Å². The lowest BCUT2D eigenvalue weighted by molar-refractivity contribution is 0.983. The largest absolute Gasteiger partial charge is 0.349 e. The van der Waals surface area contributed by atoms with Crippen LogP contribution >= 0.6 is 15.9 Å². The Morgan fingerprint density at radius 3 is 2.77 bits per heavy atom. The Morgan fingerprint density at radius 2 is 1.91 bits per heavy atom. The van der Waals surface area contributed by atoms with Gasteiger partial charge >= 0.3 is 0 Å². The fraction of sp³-hybridized carbons (Fsp3) is 0.0625. The van der Waals surface area contributed by atoms with Gasteiger partial charge in [0.25, 0.3) is 0 Å². The molecule has 0 radical (unpaired) electrons. The number of nitrogens with one attached hydrogen (secondary N) is 2. The summed E-state index contributed by atoms with van der Waals surface area (Å²) in [4.78, 5) is 7.77. The number of aromatic nitrogens is 4. The minimum absolute atomic E-state index is 0.516. The van der Waals surface area contributed by atoms with E-state index in [9.17, 15) is 0 Å². The van der Waals surface area contributed by atoms with Crippen molar-refractivity contribution in [3.63, 3.8) is 0 Å². The minimum atomic E-state index is 0.516. The van der Waals surface area contributed by atoms with Crippen molar-refractivity contribution in [2.24, 2.45) is 0 Å². The molecule has 22 heavy (non-hydrogen) atoms. The molecule has 2 N–H and O–H groups in total. The van der Waals surface area contributed by atoms with Gasteiger partial charge in [0.2, 0.25) is 5.95 Å². The van der Waals surface area contributed by atoms with E-state index in [4.69, 9.17) is 0 Å². The number of hydrogen-bond donors (Lipinski definition) is 2. The molecule has 0 bridgehead atoms. The molecule has 0 saturated carbocycles. The number of halogens is 1. The lowest BCUT2D eigenvalue weighted by Gasteiger charge is -2.03. The summed E-state index contributed by atoms with van der Waals surface area (Å²) in [5.74, 6) is 0.516. The Hall–Kier alpha value is -2.47. The summed E-state index contributed by atoms with van der Waals surface area (Å²) in [5, 5.41) is 12.7. The highest BCUT2D eigenvalue weighted by molar-refractivity contribution is 9.10.